The van der Waals surface area contributed by atoms with Crippen LogP contribution in [0.4, 0.5) is 13.6 Å². The van der Waals surface area contributed by atoms with Crippen molar-refractivity contribution in [3.05, 3.63) is 29.8 Å². The number of piperidine rings is 1. The maximum Gasteiger partial charge on any atom is 0.407 e. The largest absolute Gasteiger partial charge is 0.465 e. The maximum absolute atomic E-state index is 12.1. The first-order valence-electron chi connectivity index (χ1n) is 7.40. The van der Waals surface area contributed by atoms with Gasteiger partial charge in [-0.3, -0.25) is 0 Å². The fourth-order valence-corrected chi connectivity index (χ4v) is 2.54. The molecule has 1 heterocycles. The fourth-order valence-electron chi connectivity index (χ4n) is 2.54. The van der Waals surface area contributed by atoms with E-state index in [-0.39, 0.29) is 11.8 Å². The minimum atomic E-state index is -2.87. The van der Waals surface area contributed by atoms with E-state index in [9.17, 15) is 18.7 Å². The summed E-state index contributed by atoms with van der Waals surface area (Å²) in [6, 6.07) is 6.00. The quantitative estimate of drug-likeness (QED) is 0.744. The molecule has 1 aromatic rings. The minimum absolute atomic E-state index is 0.0463. The zero-order valence-electron chi connectivity index (χ0n) is 12.5. The number of nitrogens with one attached hydrogen (secondary N) is 1. The summed E-state index contributed by atoms with van der Waals surface area (Å²) in [6.07, 6.45) is -0.289. The van der Waals surface area contributed by atoms with Crippen molar-refractivity contribution < 1.29 is 28.5 Å². The number of carbonyl (C=O) groups is 1. The number of hydrogen-bond donors (Lipinski definition) is 3. The number of rotatable bonds is 6. The van der Waals surface area contributed by atoms with Crippen LogP contribution in [0.3, 0.4) is 0 Å². The van der Waals surface area contributed by atoms with Crippen LogP contribution in [-0.4, -0.2) is 53.5 Å². The van der Waals surface area contributed by atoms with Crippen LogP contribution >= 0.6 is 0 Å². The van der Waals surface area contributed by atoms with Crippen molar-refractivity contribution in [2.45, 2.75) is 31.6 Å². The predicted octanol–water partition coefficient (Wildman–Crippen LogP) is 2.05. The van der Waals surface area contributed by atoms with Gasteiger partial charge in [-0.2, -0.15) is 8.78 Å². The summed E-state index contributed by atoms with van der Waals surface area (Å²) >= 11 is 0. The van der Waals surface area contributed by atoms with Crippen LogP contribution in [0.5, 0.6) is 5.75 Å². The first kappa shape index (κ1) is 17.4. The third-order valence-corrected chi connectivity index (χ3v) is 3.86. The van der Waals surface area contributed by atoms with Gasteiger partial charge in [-0.25, -0.2) is 4.79 Å². The molecule has 8 heteroatoms. The average Bonchev–Trinajstić information content (AvgIpc) is 2.53. The summed E-state index contributed by atoms with van der Waals surface area (Å²) in [7, 11) is 0. The summed E-state index contributed by atoms with van der Waals surface area (Å²) in [5, 5.41) is 22.2. The van der Waals surface area contributed by atoms with Crippen LogP contribution in [0.1, 0.15) is 24.5 Å². The highest BCUT2D eigenvalue weighted by atomic mass is 19.3. The highest BCUT2D eigenvalue weighted by Gasteiger charge is 2.22. The van der Waals surface area contributed by atoms with E-state index in [0.717, 1.165) is 0 Å². The van der Waals surface area contributed by atoms with Crippen LogP contribution in [0.2, 0.25) is 0 Å². The van der Waals surface area contributed by atoms with E-state index in [4.69, 9.17) is 5.11 Å². The zero-order valence-corrected chi connectivity index (χ0v) is 12.5. The number of benzene rings is 1. The van der Waals surface area contributed by atoms with Crippen molar-refractivity contribution in [3.63, 3.8) is 0 Å². The Morgan fingerprint density at radius 3 is 2.43 bits per heavy atom. The third kappa shape index (κ3) is 5.33. The lowest BCUT2D eigenvalue weighted by molar-refractivity contribution is -0.0498. The Bertz CT molecular complexity index is 505. The number of carboxylic acid groups (broad SMARTS) is 1. The summed E-state index contributed by atoms with van der Waals surface area (Å²) in [4.78, 5) is 12.2. The number of alkyl halides is 2. The van der Waals surface area contributed by atoms with Gasteiger partial charge >= 0.3 is 12.7 Å². The number of ether oxygens (including phenoxy) is 1. The van der Waals surface area contributed by atoms with E-state index in [1.54, 1.807) is 0 Å². The molecule has 0 saturated carbocycles. The standard InChI is InChI=1S/C15H20F2N2O4/c16-14(17)23-12-3-1-10(2-4-12)13(20)9-18-11-5-7-19(8-6-11)15(21)22/h1-4,11,13-14,18,20H,5-9H2,(H,21,22). The molecule has 0 radical (unpaired) electrons. The Morgan fingerprint density at radius 1 is 1.30 bits per heavy atom. The lowest BCUT2D eigenvalue weighted by Gasteiger charge is -2.31. The number of likely N-dealkylation sites (tertiary alicyclic amines) is 1. The van der Waals surface area contributed by atoms with Gasteiger partial charge in [-0.1, -0.05) is 12.1 Å². The van der Waals surface area contributed by atoms with E-state index >= 15 is 0 Å². The normalized spacial score (nSPS) is 17.3. The van der Waals surface area contributed by atoms with Crippen molar-refractivity contribution >= 4 is 6.09 Å². The molecule has 128 valence electrons. The minimum Gasteiger partial charge on any atom is -0.465 e. The summed E-state index contributed by atoms with van der Waals surface area (Å²) in [6.45, 7) is -1.61. The molecule has 6 nitrogen and oxygen atoms in total. The first-order chi connectivity index (χ1) is 11.0. The number of aliphatic hydroxyl groups excluding tert-OH is 1. The van der Waals surface area contributed by atoms with Crippen LogP contribution in [0, 0.1) is 0 Å². The highest BCUT2D eigenvalue weighted by Crippen LogP contribution is 2.19. The van der Waals surface area contributed by atoms with Gasteiger partial charge in [0.15, 0.2) is 0 Å². The summed E-state index contributed by atoms with van der Waals surface area (Å²) in [5.41, 5.74) is 0.599. The van der Waals surface area contributed by atoms with Crippen molar-refractivity contribution in [1.29, 1.82) is 0 Å². The van der Waals surface area contributed by atoms with Gasteiger partial charge < -0.3 is 25.2 Å². The SMILES string of the molecule is O=C(O)N1CCC(NCC(O)c2ccc(OC(F)F)cc2)CC1. The molecule has 1 aliphatic heterocycles. The molecule has 2 rings (SSSR count). The molecule has 1 aromatic carbocycles. The van der Waals surface area contributed by atoms with E-state index in [2.05, 4.69) is 10.1 Å². The lowest BCUT2D eigenvalue weighted by atomic mass is 10.0. The molecule has 0 spiro atoms. The Labute approximate surface area is 132 Å². The van der Waals surface area contributed by atoms with Crippen LogP contribution < -0.4 is 10.1 Å². The number of nitrogens with zero attached hydrogens (tertiary/aromatic N) is 1. The smallest absolute Gasteiger partial charge is 0.407 e. The van der Waals surface area contributed by atoms with Crippen molar-refractivity contribution in [2.75, 3.05) is 19.6 Å². The Hall–Kier alpha value is -1.93. The van der Waals surface area contributed by atoms with Gasteiger partial charge in [0.25, 0.3) is 0 Å². The van der Waals surface area contributed by atoms with Crippen LogP contribution in [0.15, 0.2) is 24.3 Å². The molecule has 1 amide bonds. The van der Waals surface area contributed by atoms with E-state index in [1.807, 2.05) is 0 Å². The van der Waals surface area contributed by atoms with Gasteiger partial charge in [-0.05, 0) is 30.5 Å². The molecular formula is C15H20F2N2O4. The summed E-state index contributed by atoms with van der Waals surface area (Å²) in [5.74, 6) is 0.0463. The predicted molar refractivity (Wildman–Crippen MR) is 78.7 cm³/mol. The highest BCUT2D eigenvalue weighted by molar-refractivity contribution is 5.65. The number of amides is 1. The zero-order chi connectivity index (χ0) is 16.8. The second kappa shape index (κ2) is 8.07. The number of aliphatic hydroxyl groups is 1. The van der Waals surface area contributed by atoms with Crippen molar-refractivity contribution in [3.8, 4) is 5.75 Å². The average molecular weight is 330 g/mol. The van der Waals surface area contributed by atoms with Gasteiger partial charge in [0, 0.05) is 25.7 Å². The monoisotopic (exact) mass is 330 g/mol. The second-order valence-corrected chi connectivity index (χ2v) is 5.42. The van der Waals surface area contributed by atoms with Gasteiger partial charge in [0.1, 0.15) is 5.75 Å². The second-order valence-electron chi connectivity index (χ2n) is 5.42. The molecule has 1 aliphatic rings. The molecule has 0 aliphatic carbocycles. The first-order valence-corrected chi connectivity index (χ1v) is 7.40. The van der Waals surface area contributed by atoms with Crippen LogP contribution in [-0.2, 0) is 0 Å². The van der Waals surface area contributed by atoms with Gasteiger partial charge in [0.2, 0.25) is 0 Å². The van der Waals surface area contributed by atoms with E-state index < -0.39 is 18.8 Å². The van der Waals surface area contributed by atoms with Gasteiger partial charge in [-0.15, -0.1) is 0 Å². The topological polar surface area (TPSA) is 82.0 Å². The molecule has 1 atom stereocenters. The summed E-state index contributed by atoms with van der Waals surface area (Å²) < 4.78 is 28.4. The number of hydrogen-bond acceptors (Lipinski definition) is 4. The number of halogens is 2. The van der Waals surface area contributed by atoms with Gasteiger partial charge in [0.05, 0.1) is 6.10 Å². The third-order valence-electron chi connectivity index (χ3n) is 3.86. The molecule has 1 saturated heterocycles. The van der Waals surface area contributed by atoms with E-state index in [1.165, 1.54) is 29.2 Å². The molecule has 23 heavy (non-hydrogen) atoms. The Kier molecular flexibility index (Phi) is 6.12. The van der Waals surface area contributed by atoms with Crippen LogP contribution in [0.25, 0.3) is 0 Å². The molecule has 1 unspecified atom stereocenters. The fraction of sp³-hybridized carbons (Fsp3) is 0.533. The lowest BCUT2D eigenvalue weighted by Crippen LogP contribution is -2.45. The molecule has 3 N–H and O–H groups in total. The van der Waals surface area contributed by atoms with Crippen molar-refractivity contribution in [2.24, 2.45) is 0 Å². The molecule has 0 bridgehead atoms. The van der Waals surface area contributed by atoms with E-state index in [0.29, 0.717) is 38.0 Å². The Balaban J connectivity index is 1.76. The molecule has 0 aromatic heterocycles. The van der Waals surface area contributed by atoms with Crippen molar-refractivity contribution in [1.82, 2.24) is 10.2 Å². The molecule has 1 fully saturated rings. The maximum atomic E-state index is 12.1. The Morgan fingerprint density at radius 2 is 1.91 bits per heavy atom. The molecular weight excluding hydrogens is 310 g/mol.